The molecule has 108 valence electrons. The van der Waals surface area contributed by atoms with E-state index in [1.807, 2.05) is 4.90 Å². The van der Waals surface area contributed by atoms with Crippen molar-refractivity contribution in [2.75, 3.05) is 33.3 Å². The fraction of sp³-hybridized carbons (Fsp3) is 0.833. The highest BCUT2D eigenvalue weighted by Crippen LogP contribution is 2.28. The second-order valence-corrected chi connectivity index (χ2v) is 5.18. The number of likely N-dealkylation sites (tertiary alicyclic amines) is 1. The highest BCUT2D eigenvalue weighted by Gasteiger charge is 2.39. The van der Waals surface area contributed by atoms with Gasteiger partial charge in [-0.1, -0.05) is 0 Å². The maximum Gasteiger partial charge on any atom is 0.406 e. The average molecular weight is 271 g/mol. The number of aliphatic hydroxyl groups excluding tert-OH is 1. The van der Waals surface area contributed by atoms with Gasteiger partial charge in [0.15, 0.2) is 0 Å². The second-order valence-electron chi connectivity index (χ2n) is 5.18. The smallest absolute Gasteiger partial charge is 0.406 e. The van der Waals surface area contributed by atoms with E-state index in [0.717, 1.165) is 32.3 Å². The van der Waals surface area contributed by atoms with Crippen molar-refractivity contribution in [2.45, 2.75) is 31.0 Å². The molecule has 2 amide bonds. The predicted molar refractivity (Wildman–Crippen MR) is 67.6 cm³/mol. The van der Waals surface area contributed by atoms with Gasteiger partial charge in [-0.3, -0.25) is 9.69 Å². The number of piperazine rings is 1. The molecule has 2 N–H and O–H groups in total. The zero-order valence-electron chi connectivity index (χ0n) is 11.1. The highest BCUT2D eigenvalue weighted by molar-refractivity contribution is 5.66. The third-order valence-corrected chi connectivity index (χ3v) is 3.87. The van der Waals surface area contributed by atoms with E-state index in [-0.39, 0.29) is 18.6 Å². The van der Waals surface area contributed by atoms with Gasteiger partial charge >= 0.3 is 6.09 Å². The van der Waals surface area contributed by atoms with Gasteiger partial charge < -0.3 is 20.1 Å². The standard InChI is InChI=1S/C12H21N3O4/c1-19-12(18)13-4-11(17)7-14-5-9-2-3-10(6-14)15(9)8-16/h8-11,17H,2-7H2,1H3,(H,13,18)/t9-,10+,11?. The fourth-order valence-corrected chi connectivity index (χ4v) is 2.98. The molecular weight excluding hydrogens is 250 g/mol. The molecule has 3 atom stereocenters. The van der Waals surface area contributed by atoms with Crippen LogP contribution in [0, 0.1) is 0 Å². The molecule has 2 rings (SSSR count). The Bertz CT molecular complexity index is 325. The summed E-state index contributed by atoms with van der Waals surface area (Å²) in [5, 5.41) is 12.3. The third-order valence-electron chi connectivity index (χ3n) is 3.87. The first-order chi connectivity index (χ1) is 9.13. The topological polar surface area (TPSA) is 82.1 Å². The first-order valence-electron chi connectivity index (χ1n) is 6.59. The highest BCUT2D eigenvalue weighted by atomic mass is 16.5. The lowest BCUT2D eigenvalue weighted by molar-refractivity contribution is -0.123. The van der Waals surface area contributed by atoms with Crippen molar-refractivity contribution in [3.63, 3.8) is 0 Å². The van der Waals surface area contributed by atoms with Gasteiger partial charge in [0.1, 0.15) is 0 Å². The number of ether oxygens (including phenoxy) is 1. The van der Waals surface area contributed by atoms with Crippen molar-refractivity contribution < 1.29 is 19.4 Å². The molecule has 2 aliphatic rings. The van der Waals surface area contributed by atoms with Crippen LogP contribution in [-0.4, -0.2) is 78.9 Å². The lowest BCUT2D eigenvalue weighted by atomic mass is 10.2. The number of fused-ring (bicyclic) bond motifs is 2. The summed E-state index contributed by atoms with van der Waals surface area (Å²) >= 11 is 0. The van der Waals surface area contributed by atoms with Crippen molar-refractivity contribution in [3.05, 3.63) is 0 Å². The van der Waals surface area contributed by atoms with E-state index in [0.29, 0.717) is 6.54 Å². The fourth-order valence-electron chi connectivity index (χ4n) is 2.98. The van der Waals surface area contributed by atoms with Crippen LogP contribution in [0.25, 0.3) is 0 Å². The van der Waals surface area contributed by atoms with Crippen LogP contribution in [0.1, 0.15) is 12.8 Å². The van der Waals surface area contributed by atoms with Crippen molar-refractivity contribution in [3.8, 4) is 0 Å². The molecule has 2 bridgehead atoms. The number of alkyl carbamates (subject to hydrolysis) is 1. The molecule has 7 heteroatoms. The molecule has 0 spiro atoms. The predicted octanol–water partition coefficient (Wildman–Crippen LogP) is -0.992. The number of β-amino-alcohol motifs (C(OH)–C–C–N with tert-alkyl or cyclic N) is 1. The van der Waals surface area contributed by atoms with E-state index in [4.69, 9.17) is 0 Å². The molecule has 2 aliphatic heterocycles. The maximum absolute atomic E-state index is 11.0. The van der Waals surface area contributed by atoms with Crippen LogP contribution in [0.2, 0.25) is 0 Å². The van der Waals surface area contributed by atoms with E-state index in [9.17, 15) is 14.7 Å². The number of carbonyl (C=O) groups is 2. The molecule has 0 radical (unpaired) electrons. The number of hydrogen-bond acceptors (Lipinski definition) is 5. The Hall–Kier alpha value is -1.34. The Morgan fingerprint density at radius 2 is 2.11 bits per heavy atom. The van der Waals surface area contributed by atoms with Gasteiger partial charge in [-0.05, 0) is 12.8 Å². The van der Waals surface area contributed by atoms with Gasteiger partial charge in [0.25, 0.3) is 0 Å². The minimum absolute atomic E-state index is 0.176. The van der Waals surface area contributed by atoms with Crippen LogP contribution < -0.4 is 5.32 Å². The molecule has 19 heavy (non-hydrogen) atoms. The third kappa shape index (κ3) is 3.36. The van der Waals surface area contributed by atoms with Crippen molar-refractivity contribution in [1.82, 2.24) is 15.1 Å². The van der Waals surface area contributed by atoms with Gasteiger partial charge in [-0.25, -0.2) is 4.79 Å². The molecule has 0 aliphatic carbocycles. The molecule has 0 aromatic carbocycles. The maximum atomic E-state index is 11.0. The quantitative estimate of drug-likeness (QED) is 0.627. The van der Waals surface area contributed by atoms with E-state index in [1.165, 1.54) is 7.11 Å². The van der Waals surface area contributed by atoms with E-state index in [2.05, 4.69) is 15.0 Å². The molecule has 0 saturated carbocycles. The first kappa shape index (κ1) is 14.1. The molecule has 7 nitrogen and oxygen atoms in total. The van der Waals surface area contributed by atoms with Crippen LogP contribution >= 0.6 is 0 Å². The van der Waals surface area contributed by atoms with Crippen molar-refractivity contribution >= 4 is 12.5 Å². The largest absolute Gasteiger partial charge is 0.453 e. The number of hydrogen-bond donors (Lipinski definition) is 2. The average Bonchev–Trinajstić information content (AvgIpc) is 2.66. The summed E-state index contributed by atoms with van der Waals surface area (Å²) in [6.07, 6.45) is 1.85. The van der Waals surface area contributed by atoms with Gasteiger partial charge in [0.2, 0.25) is 6.41 Å². The molecular formula is C12H21N3O4. The Balaban J connectivity index is 1.75. The zero-order valence-corrected chi connectivity index (χ0v) is 11.1. The number of methoxy groups -OCH3 is 1. The van der Waals surface area contributed by atoms with Crippen LogP contribution in [-0.2, 0) is 9.53 Å². The molecule has 2 saturated heterocycles. The van der Waals surface area contributed by atoms with E-state index >= 15 is 0 Å². The monoisotopic (exact) mass is 271 g/mol. The lowest BCUT2D eigenvalue weighted by Gasteiger charge is -2.39. The Morgan fingerprint density at radius 3 is 2.63 bits per heavy atom. The molecule has 1 unspecified atom stereocenters. The summed E-state index contributed by atoms with van der Waals surface area (Å²) in [7, 11) is 1.29. The minimum atomic E-state index is -0.624. The molecule has 2 fully saturated rings. The Morgan fingerprint density at radius 1 is 1.47 bits per heavy atom. The summed E-state index contributed by atoms with van der Waals surface area (Å²) < 4.78 is 4.44. The normalized spacial score (nSPS) is 28.0. The van der Waals surface area contributed by atoms with Crippen LogP contribution in [0.4, 0.5) is 4.79 Å². The van der Waals surface area contributed by atoms with Crippen LogP contribution in [0.15, 0.2) is 0 Å². The summed E-state index contributed by atoms with van der Waals surface area (Å²) in [4.78, 5) is 25.9. The number of nitrogens with one attached hydrogen (secondary N) is 1. The number of nitrogens with zero attached hydrogens (tertiary/aromatic N) is 2. The van der Waals surface area contributed by atoms with Gasteiger partial charge in [0.05, 0.1) is 13.2 Å². The lowest BCUT2D eigenvalue weighted by Crippen LogP contribution is -2.55. The van der Waals surface area contributed by atoms with Crippen LogP contribution in [0.5, 0.6) is 0 Å². The summed E-state index contributed by atoms with van der Waals surface area (Å²) in [6, 6.07) is 0.550. The summed E-state index contributed by atoms with van der Waals surface area (Å²) in [5.74, 6) is 0. The van der Waals surface area contributed by atoms with Crippen LogP contribution in [0.3, 0.4) is 0 Å². The number of amides is 2. The SMILES string of the molecule is COC(=O)NCC(O)CN1C[C@H]2CC[C@@H](C1)N2C=O. The Kier molecular flexibility index (Phi) is 4.60. The van der Waals surface area contributed by atoms with Gasteiger partial charge in [0, 0.05) is 38.3 Å². The second kappa shape index (κ2) is 6.21. The van der Waals surface area contributed by atoms with Crippen molar-refractivity contribution in [1.29, 1.82) is 0 Å². The summed E-state index contributed by atoms with van der Waals surface area (Å²) in [6.45, 7) is 2.27. The zero-order chi connectivity index (χ0) is 13.8. The molecule has 0 aromatic rings. The molecule has 2 heterocycles. The van der Waals surface area contributed by atoms with Gasteiger partial charge in [-0.2, -0.15) is 0 Å². The first-order valence-corrected chi connectivity index (χ1v) is 6.59. The van der Waals surface area contributed by atoms with Gasteiger partial charge in [-0.15, -0.1) is 0 Å². The summed E-state index contributed by atoms with van der Waals surface area (Å²) in [5.41, 5.74) is 0. The van der Waals surface area contributed by atoms with E-state index < -0.39 is 12.2 Å². The molecule has 0 aromatic heterocycles. The van der Waals surface area contributed by atoms with Crippen molar-refractivity contribution in [2.24, 2.45) is 0 Å². The minimum Gasteiger partial charge on any atom is -0.453 e. The number of aliphatic hydroxyl groups is 1. The number of carbonyl (C=O) groups excluding carboxylic acids is 2. The van der Waals surface area contributed by atoms with E-state index in [1.54, 1.807) is 0 Å². The number of rotatable bonds is 5. The Labute approximate surface area is 112 Å².